The topological polar surface area (TPSA) is 39.6 Å². The SMILES string of the molecule is CC(O)c1csc(N2CCN(C)C(C)(C)C2)n1. The molecule has 0 aliphatic carbocycles. The standard InChI is InChI=1S/C12H21N3OS/c1-9(16)10-7-17-11(13-10)15-6-5-14(4)12(2,3)8-15/h7,9,16H,5-6,8H2,1-4H3. The number of nitrogens with zero attached hydrogens (tertiary/aromatic N) is 3. The quantitative estimate of drug-likeness (QED) is 0.873. The van der Waals surface area contributed by atoms with Gasteiger partial charge >= 0.3 is 0 Å². The van der Waals surface area contributed by atoms with E-state index in [1.54, 1.807) is 18.3 Å². The van der Waals surface area contributed by atoms with Gasteiger partial charge in [0.15, 0.2) is 5.13 Å². The van der Waals surface area contributed by atoms with E-state index in [9.17, 15) is 5.11 Å². The molecule has 1 atom stereocenters. The summed E-state index contributed by atoms with van der Waals surface area (Å²) >= 11 is 1.62. The normalized spacial score (nSPS) is 22.8. The van der Waals surface area contributed by atoms with E-state index in [2.05, 4.69) is 35.7 Å². The minimum Gasteiger partial charge on any atom is -0.387 e. The van der Waals surface area contributed by atoms with E-state index in [0.717, 1.165) is 30.5 Å². The van der Waals surface area contributed by atoms with Crippen molar-refractivity contribution in [3.05, 3.63) is 11.1 Å². The van der Waals surface area contributed by atoms with Crippen LogP contribution in [0.2, 0.25) is 0 Å². The molecule has 1 aromatic heterocycles. The first-order chi connectivity index (χ1) is 7.90. The first-order valence-electron chi connectivity index (χ1n) is 6.00. The number of anilines is 1. The molecule has 4 nitrogen and oxygen atoms in total. The number of likely N-dealkylation sites (N-methyl/N-ethyl adjacent to an activating group) is 1. The zero-order chi connectivity index (χ0) is 12.6. The maximum atomic E-state index is 9.50. The third kappa shape index (κ3) is 2.61. The fraction of sp³-hybridized carbons (Fsp3) is 0.750. The lowest BCUT2D eigenvalue weighted by molar-refractivity contribution is 0.138. The van der Waals surface area contributed by atoms with Crippen molar-refractivity contribution in [1.29, 1.82) is 0 Å². The maximum Gasteiger partial charge on any atom is 0.185 e. The Morgan fingerprint density at radius 2 is 2.18 bits per heavy atom. The van der Waals surface area contributed by atoms with Crippen LogP contribution in [0.3, 0.4) is 0 Å². The second-order valence-corrected chi connectivity index (χ2v) is 6.22. The van der Waals surface area contributed by atoms with Crippen LogP contribution in [0.5, 0.6) is 0 Å². The van der Waals surface area contributed by atoms with Crippen molar-refractivity contribution in [3.8, 4) is 0 Å². The number of aliphatic hydroxyl groups is 1. The summed E-state index contributed by atoms with van der Waals surface area (Å²) in [7, 11) is 2.17. The van der Waals surface area contributed by atoms with Gasteiger partial charge < -0.3 is 10.0 Å². The molecule has 0 spiro atoms. The lowest BCUT2D eigenvalue weighted by atomic mass is 10.0. The van der Waals surface area contributed by atoms with Gasteiger partial charge in [0.25, 0.3) is 0 Å². The summed E-state index contributed by atoms with van der Waals surface area (Å²) in [5.74, 6) is 0. The molecule has 5 heteroatoms. The molecular weight excluding hydrogens is 234 g/mol. The average molecular weight is 255 g/mol. The van der Waals surface area contributed by atoms with Crippen LogP contribution in [0, 0.1) is 0 Å². The molecule has 96 valence electrons. The van der Waals surface area contributed by atoms with Gasteiger partial charge in [-0.2, -0.15) is 0 Å². The van der Waals surface area contributed by atoms with Gasteiger partial charge in [0, 0.05) is 30.6 Å². The van der Waals surface area contributed by atoms with Crippen molar-refractivity contribution in [2.75, 3.05) is 31.6 Å². The van der Waals surface area contributed by atoms with Crippen molar-refractivity contribution in [2.45, 2.75) is 32.4 Å². The fourth-order valence-electron chi connectivity index (χ4n) is 2.02. The molecule has 1 N–H and O–H groups in total. The molecular formula is C12H21N3OS. The third-order valence-corrected chi connectivity index (χ3v) is 4.44. The lowest BCUT2D eigenvalue weighted by Gasteiger charge is -2.45. The zero-order valence-corrected chi connectivity index (χ0v) is 11.8. The number of thiazole rings is 1. The predicted octanol–water partition coefficient (Wildman–Crippen LogP) is 1.73. The molecule has 1 unspecified atom stereocenters. The van der Waals surface area contributed by atoms with Gasteiger partial charge in [-0.1, -0.05) is 0 Å². The third-order valence-electron chi connectivity index (χ3n) is 3.52. The molecule has 2 heterocycles. The molecule has 1 saturated heterocycles. The molecule has 0 bridgehead atoms. The molecule has 1 aliphatic rings. The van der Waals surface area contributed by atoms with Crippen LogP contribution in [0.25, 0.3) is 0 Å². The number of piperazine rings is 1. The second kappa shape index (κ2) is 4.55. The Morgan fingerprint density at radius 3 is 2.71 bits per heavy atom. The summed E-state index contributed by atoms with van der Waals surface area (Å²) in [6.07, 6.45) is -0.472. The highest BCUT2D eigenvalue weighted by atomic mass is 32.1. The zero-order valence-electron chi connectivity index (χ0n) is 11.0. The summed E-state index contributed by atoms with van der Waals surface area (Å²) in [5, 5.41) is 12.5. The number of aromatic nitrogens is 1. The van der Waals surface area contributed by atoms with Crippen LogP contribution in [-0.2, 0) is 0 Å². The van der Waals surface area contributed by atoms with Crippen LogP contribution in [-0.4, -0.2) is 47.2 Å². The summed E-state index contributed by atoms with van der Waals surface area (Å²) in [6.45, 7) is 9.30. The highest BCUT2D eigenvalue weighted by Gasteiger charge is 2.32. The summed E-state index contributed by atoms with van der Waals surface area (Å²) in [4.78, 5) is 9.20. The van der Waals surface area contributed by atoms with E-state index >= 15 is 0 Å². The van der Waals surface area contributed by atoms with E-state index in [0.29, 0.717) is 0 Å². The average Bonchev–Trinajstić information content (AvgIpc) is 2.71. The van der Waals surface area contributed by atoms with Gasteiger partial charge in [-0.25, -0.2) is 4.98 Å². The van der Waals surface area contributed by atoms with Crippen LogP contribution in [0.4, 0.5) is 5.13 Å². The lowest BCUT2D eigenvalue weighted by Crippen LogP contribution is -2.57. The Kier molecular flexibility index (Phi) is 3.43. The number of rotatable bonds is 2. The largest absolute Gasteiger partial charge is 0.387 e. The van der Waals surface area contributed by atoms with Gasteiger partial charge in [0.1, 0.15) is 0 Å². The number of aliphatic hydroxyl groups excluding tert-OH is 1. The van der Waals surface area contributed by atoms with Crippen LogP contribution < -0.4 is 4.90 Å². The van der Waals surface area contributed by atoms with Crippen LogP contribution in [0.1, 0.15) is 32.6 Å². The Labute approximate surface area is 107 Å². The molecule has 1 aromatic rings. The van der Waals surface area contributed by atoms with E-state index in [1.165, 1.54) is 0 Å². The monoisotopic (exact) mass is 255 g/mol. The molecule has 1 fully saturated rings. The molecule has 0 radical (unpaired) electrons. The minimum absolute atomic E-state index is 0.176. The minimum atomic E-state index is -0.472. The fourth-order valence-corrected chi connectivity index (χ4v) is 2.96. The Hall–Kier alpha value is -0.650. The highest BCUT2D eigenvalue weighted by molar-refractivity contribution is 7.13. The van der Waals surface area contributed by atoms with Gasteiger partial charge in [-0.05, 0) is 27.8 Å². The molecule has 0 saturated carbocycles. The molecule has 1 aliphatic heterocycles. The van der Waals surface area contributed by atoms with E-state index in [4.69, 9.17) is 0 Å². The van der Waals surface area contributed by atoms with E-state index in [1.807, 2.05) is 5.38 Å². The summed E-state index contributed by atoms with van der Waals surface area (Å²) in [5.41, 5.74) is 0.955. The van der Waals surface area contributed by atoms with Gasteiger partial charge in [-0.15, -0.1) is 11.3 Å². The Bertz CT molecular complexity index is 389. The van der Waals surface area contributed by atoms with Gasteiger partial charge in [0.05, 0.1) is 11.8 Å². The Balaban J connectivity index is 2.12. The predicted molar refractivity (Wildman–Crippen MR) is 71.7 cm³/mol. The second-order valence-electron chi connectivity index (χ2n) is 5.39. The van der Waals surface area contributed by atoms with Crippen molar-refractivity contribution in [2.24, 2.45) is 0 Å². The summed E-state index contributed by atoms with van der Waals surface area (Å²) in [6, 6.07) is 0. The van der Waals surface area contributed by atoms with Crippen LogP contribution >= 0.6 is 11.3 Å². The molecule has 0 aromatic carbocycles. The highest BCUT2D eigenvalue weighted by Crippen LogP contribution is 2.28. The number of hydrogen-bond acceptors (Lipinski definition) is 5. The smallest absolute Gasteiger partial charge is 0.185 e. The van der Waals surface area contributed by atoms with Crippen molar-refractivity contribution < 1.29 is 5.11 Å². The molecule has 2 rings (SSSR count). The van der Waals surface area contributed by atoms with E-state index < -0.39 is 6.10 Å². The van der Waals surface area contributed by atoms with Crippen molar-refractivity contribution in [3.63, 3.8) is 0 Å². The van der Waals surface area contributed by atoms with Gasteiger partial charge in [0.2, 0.25) is 0 Å². The maximum absolute atomic E-state index is 9.50. The van der Waals surface area contributed by atoms with Crippen LogP contribution in [0.15, 0.2) is 5.38 Å². The van der Waals surface area contributed by atoms with Crippen molar-refractivity contribution in [1.82, 2.24) is 9.88 Å². The first-order valence-corrected chi connectivity index (χ1v) is 6.88. The van der Waals surface area contributed by atoms with Gasteiger partial charge in [-0.3, -0.25) is 4.90 Å². The molecule has 0 amide bonds. The van der Waals surface area contributed by atoms with Crippen molar-refractivity contribution >= 4 is 16.5 Å². The summed E-state index contributed by atoms with van der Waals surface area (Å²) < 4.78 is 0. The number of hydrogen-bond donors (Lipinski definition) is 1. The van der Waals surface area contributed by atoms with E-state index in [-0.39, 0.29) is 5.54 Å². The first kappa shape index (κ1) is 12.8. The Morgan fingerprint density at radius 1 is 1.47 bits per heavy atom. The molecule has 17 heavy (non-hydrogen) atoms.